The second-order valence-electron chi connectivity index (χ2n) is 12.1. The smallest absolute Gasteiger partial charge is 0.313 e. The number of fused-ring (bicyclic) bond motifs is 1. The van der Waals surface area contributed by atoms with Crippen LogP contribution in [-0.4, -0.2) is 73.1 Å². The third-order valence-electron chi connectivity index (χ3n) is 8.36. The first-order valence-electron chi connectivity index (χ1n) is 14.0. The number of carboxylic acids is 1. The van der Waals surface area contributed by atoms with Gasteiger partial charge in [-0.3, -0.25) is 4.79 Å². The number of carbonyl (C=O) groups is 1. The van der Waals surface area contributed by atoms with Crippen molar-refractivity contribution in [3.05, 3.63) is 42.5 Å². The molecular weight excluding hydrogens is 634 g/mol. The van der Waals surface area contributed by atoms with E-state index in [9.17, 15) is 44.7 Å². The van der Waals surface area contributed by atoms with Crippen molar-refractivity contribution in [3.63, 3.8) is 0 Å². The number of hydrogen-bond acceptors (Lipinski definition) is 6. The largest absolute Gasteiger partial charge is 0.491 e. The Morgan fingerprint density at radius 2 is 1.73 bits per heavy atom. The van der Waals surface area contributed by atoms with Crippen molar-refractivity contribution in [2.45, 2.75) is 84.3 Å². The van der Waals surface area contributed by atoms with Gasteiger partial charge < -0.3 is 14.7 Å². The molecule has 7 nitrogen and oxygen atoms in total. The van der Waals surface area contributed by atoms with Crippen LogP contribution in [0, 0.1) is 5.41 Å². The molecule has 2 aromatic carbocycles. The van der Waals surface area contributed by atoms with Gasteiger partial charge in [0.05, 0.1) is 10.6 Å². The van der Waals surface area contributed by atoms with Crippen molar-refractivity contribution < 1.29 is 49.4 Å². The quantitative estimate of drug-likeness (QED) is 0.273. The average molecular weight is 667 g/mol. The molecule has 5 rings (SSSR count). The fourth-order valence-electron chi connectivity index (χ4n) is 5.81. The maximum absolute atomic E-state index is 14.0. The van der Waals surface area contributed by atoms with Crippen LogP contribution in [0.3, 0.4) is 0 Å². The molecule has 242 valence electrons. The lowest BCUT2D eigenvalue weighted by Crippen LogP contribution is -2.54. The molecule has 15 heteroatoms. The normalized spacial score (nSPS) is 24.0. The number of para-hydroxylation sites is 1. The minimum atomic E-state index is -4.37. The topological polar surface area (TPSA) is 87.2 Å². The van der Waals surface area contributed by atoms with Crippen LogP contribution in [0.4, 0.5) is 37.7 Å². The molecule has 1 N–H and O–H groups in total. The second-order valence-corrected chi connectivity index (χ2v) is 15.4. The summed E-state index contributed by atoms with van der Waals surface area (Å²) in [5, 5.41) is 9.13. The van der Waals surface area contributed by atoms with Gasteiger partial charge in [-0.1, -0.05) is 18.2 Å². The Morgan fingerprint density at radius 1 is 1.09 bits per heavy atom. The highest BCUT2D eigenvalue weighted by Crippen LogP contribution is 2.54. The number of nitrogens with zero attached hydrogens (tertiary/aromatic N) is 2. The van der Waals surface area contributed by atoms with Gasteiger partial charge in [0, 0.05) is 68.7 Å². The molecule has 2 saturated carbocycles. The second kappa shape index (κ2) is 11.3. The molecule has 3 aliphatic rings. The van der Waals surface area contributed by atoms with Crippen molar-refractivity contribution in [3.8, 4) is 5.75 Å². The molecule has 1 heterocycles. The Labute approximate surface area is 255 Å². The number of rotatable bonds is 10. The molecule has 2 fully saturated rings. The molecule has 1 atom stereocenters. The van der Waals surface area contributed by atoms with E-state index < -0.39 is 89.2 Å². The molecule has 0 spiro atoms. The van der Waals surface area contributed by atoms with E-state index in [1.165, 1.54) is 13.1 Å². The Kier molecular flexibility index (Phi) is 8.41. The van der Waals surface area contributed by atoms with Gasteiger partial charge >= 0.3 is 5.97 Å². The number of hydrogen-bond donors (Lipinski definition) is 1. The maximum Gasteiger partial charge on any atom is 0.313 e. The summed E-state index contributed by atoms with van der Waals surface area (Å²) >= 11 is 1.00. The number of halogens is 6. The molecule has 0 aromatic heterocycles. The number of sulfonamides is 1. The number of ether oxygens (including phenoxy) is 1. The van der Waals surface area contributed by atoms with Gasteiger partial charge in [0.2, 0.25) is 21.9 Å². The summed E-state index contributed by atoms with van der Waals surface area (Å²) in [6.07, 6.45) is -3.58. The predicted octanol–water partition coefficient (Wildman–Crippen LogP) is 7.03. The lowest BCUT2D eigenvalue weighted by molar-refractivity contribution is -0.199. The molecule has 0 unspecified atom stereocenters. The summed E-state index contributed by atoms with van der Waals surface area (Å²) in [5.74, 6) is -10.8. The number of alkyl halides is 6. The van der Waals surface area contributed by atoms with Gasteiger partial charge in [-0.15, -0.1) is 11.8 Å². The molecule has 0 radical (unpaired) electrons. The van der Waals surface area contributed by atoms with E-state index in [1.807, 2.05) is 0 Å². The summed E-state index contributed by atoms with van der Waals surface area (Å²) in [6, 6.07) is 10.3. The summed E-state index contributed by atoms with van der Waals surface area (Å²) in [7, 11) is -3.09. The van der Waals surface area contributed by atoms with E-state index in [4.69, 9.17) is 4.74 Å². The van der Waals surface area contributed by atoms with Crippen LogP contribution in [0.2, 0.25) is 0 Å². The Morgan fingerprint density at radius 3 is 2.27 bits per heavy atom. The van der Waals surface area contributed by atoms with Gasteiger partial charge in [-0.25, -0.2) is 34.8 Å². The van der Waals surface area contributed by atoms with E-state index in [1.54, 1.807) is 35.2 Å². The van der Waals surface area contributed by atoms with Gasteiger partial charge in [0.25, 0.3) is 5.92 Å². The van der Waals surface area contributed by atoms with Crippen molar-refractivity contribution in [1.82, 2.24) is 4.31 Å². The summed E-state index contributed by atoms with van der Waals surface area (Å²) < 4.78 is 118. The summed E-state index contributed by atoms with van der Waals surface area (Å²) in [5.41, 5.74) is -1.21. The standard InChI is InChI=1S/C29H32F6N2O5S2/c1-26(30,31)9-8-19-14-37(18-6-4-3-5-7-18)21-10-23(43-20-12-28(32,33)13-20)22(11-24(21)44(40,41)36(19)2)42-17-27(25(38)39)15-29(34,35)16-27/h3-7,10-11,19-20H,8-9,12-17H2,1-2H3,(H,38,39)/t19-/m0/s1. The van der Waals surface area contributed by atoms with E-state index in [0.717, 1.165) is 29.1 Å². The molecule has 2 aliphatic carbocycles. The molecule has 1 aliphatic heterocycles. The fourth-order valence-corrected chi connectivity index (χ4v) is 8.80. The highest BCUT2D eigenvalue weighted by molar-refractivity contribution is 8.00. The van der Waals surface area contributed by atoms with E-state index >= 15 is 0 Å². The van der Waals surface area contributed by atoms with Gasteiger partial charge in [0.1, 0.15) is 22.7 Å². The zero-order valence-corrected chi connectivity index (χ0v) is 25.5. The first-order chi connectivity index (χ1) is 20.3. The molecule has 0 amide bonds. The third kappa shape index (κ3) is 6.64. The Balaban J connectivity index is 1.60. The van der Waals surface area contributed by atoms with Crippen molar-refractivity contribution in [1.29, 1.82) is 0 Å². The monoisotopic (exact) mass is 666 g/mol. The van der Waals surface area contributed by atoms with Crippen molar-refractivity contribution in [2.75, 3.05) is 25.1 Å². The van der Waals surface area contributed by atoms with Gasteiger partial charge in [-0.05, 0) is 31.5 Å². The summed E-state index contributed by atoms with van der Waals surface area (Å²) in [6.45, 7) is 0.0459. The number of benzene rings is 2. The predicted molar refractivity (Wildman–Crippen MR) is 152 cm³/mol. The van der Waals surface area contributed by atoms with E-state index in [-0.39, 0.29) is 34.2 Å². The van der Waals surface area contributed by atoms with Crippen LogP contribution in [0.15, 0.2) is 52.3 Å². The number of likely N-dealkylation sites (N-methyl/N-ethyl adjacent to an activating group) is 1. The zero-order valence-electron chi connectivity index (χ0n) is 23.9. The SMILES string of the molecule is CN1[C@@H](CCC(C)(F)F)CN(c2ccccc2)c2cc(SC3CC(F)(F)C3)c(OCC3(C(=O)O)CC(F)(F)C3)cc2S1(=O)=O. The minimum absolute atomic E-state index is 0.00809. The van der Waals surface area contributed by atoms with Crippen molar-refractivity contribution in [2.24, 2.45) is 5.41 Å². The van der Waals surface area contributed by atoms with Crippen LogP contribution < -0.4 is 9.64 Å². The fraction of sp³-hybridized carbons (Fsp3) is 0.552. The number of anilines is 2. The lowest BCUT2D eigenvalue weighted by atomic mass is 9.66. The molecule has 2 aromatic rings. The average Bonchev–Trinajstić information content (AvgIpc) is 2.96. The Bertz CT molecular complexity index is 1500. The minimum Gasteiger partial charge on any atom is -0.491 e. The first kappa shape index (κ1) is 32.7. The molecular formula is C29H32F6N2O5S2. The van der Waals surface area contributed by atoms with Crippen LogP contribution in [0.1, 0.15) is 45.4 Å². The number of aliphatic carboxylic acids is 1. The Hall–Kier alpha value is -2.65. The highest BCUT2D eigenvalue weighted by atomic mass is 32.2. The van der Waals surface area contributed by atoms with E-state index in [0.29, 0.717) is 5.69 Å². The van der Waals surface area contributed by atoms with Gasteiger partial charge in [0.15, 0.2) is 0 Å². The first-order valence-corrected chi connectivity index (χ1v) is 16.3. The van der Waals surface area contributed by atoms with Gasteiger partial charge in [-0.2, -0.15) is 4.31 Å². The maximum atomic E-state index is 14.0. The van der Waals surface area contributed by atoms with Crippen LogP contribution in [0.25, 0.3) is 0 Å². The molecule has 0 saturated heterocycles. The third-order valence-corrected chi connectivity index (χ3v) is 11.5. The lowest BCUT2D eigenvalue weighted by Gasteiger charge is -2.43. The molecule has 44 heavy (non-hydrogen) atoms. The summed E-state index contributed by atoms with van der Waals surface area (Å²) in [4.78, 5) is 13.5. The van der Waals surface area contributed by atoms with Crippen LogP contribution >= 0.6 is 11.8 Å². The van der Waals surface area contributed by atoms with Crippen LogP contribution in [-0.2, 0) is 14.8 Å². The zero-order chi connectivity index (χ0) is 32.3. The highest BCUT2D eigenvalue weighted by Gasteiger charge is 2.62. The van der Waals surface area contributed by atoms with Crippen molar-refractivity contribution >= 4 is 39.1 Å². The van der Waals surface area contributed by atoms with E-state index in [2.05, 4.69) is 0 Å². The number of thioether (sulfide) groups is 1. The van der Waals surface area contributed by atoms with Crippen LogP contribution in [0.5, 0.6) is 5.75 Å². The number of carboxylic acid groups (broad SMARTS) is 1. The molecule has 0 bridgehead atoms.